The number of hydrogen-bond donors (Lipinski definition) is 1. The highest BCUT2D eigenvalue weighted by molar-refractivity contribution is 7.18. The van der Waals surface area contributed by atoms with Gasteiger partial charge in [-0.05, 0) is 17.7 Å². The van der Waals surface area contributed by atoms with Gasteiger partial charge in [0.2, 0.25) is 5.91 Å². The van der Waals surface area contributed by atoms with E-state index in [-0.39, 0.29) is 5.91 Å². The number of benzene rings is 2. The molecular formula is C20H22N4OS. The SMILES string of the molecule is O=C(Cc1nc2ccccc2s1)NN1CCN(Cc2ccccc2)CC1. The summed E-state index contributed by atoms with van der Waals surface area (Å²) in [4.78, 5) is 19.3. The first-order valence-electron chi connectivity index (χ1n) is 8.91. The van der Waals surface area contributed by atoms with E-state index in [4.69, 9.17) is 0 Å². The molecule has 0 atom stereocenters. The van der Waals surface area contributed by atoms with Crippen LogP contribution in [-0.2, 0) is 17.8 Å². The van der Waals surface area contributed by atoms with Crippen LogP contribution in [0.1, 0.15) is 10.6 Å². The van der Waals surface area contributed by atoms with Gasteiger partial charge >= 0.3 is 0 Å². The van der Waals surface area contributed by atoms with E-state index in [0.717, 1.165) is 47.9 Å². The summed E-state index contributed by atoms with van der Waals surface area (Å²) in [6.07, 6.45) is 0.337. The second-order valence-corrected chi connectivity index (χ2v) is 7.65. The van der Waals surface area contributed by atoms with Crippen molar-refractivity contribution in [3.8, 4) is 0 Å². The van der Waals surface area contributed by atoms with Gasteiger partial charge in [0.1, 0.15) is 5.01 Å². The van der Waals surface area contributed by atoms with Crippen LogP contribution < -0.4 is 5.43 Å². The molecule has 1 amide bonds. The maximum absolute atomic E-state index is 12.3. The van der Waals surface area contributed by atoms with Gasteiger partial charge in [-0.1, -0.05) is 42.5 Å². The number of carbonyl (C=O) groups is 1. The first-order valence-corrected chi connectivity index (χ1v) is 9.73. The van der Waals surface area contributed by atoms with E-state index >= 15 is 0 Å². The number of rotatable bonds is 5. The Balaban J connectivity index is 1.25. The minimum atomic E-state index is 0.0144. The molecule has 26 heavy (non-hydrogen) atoms. The molecule has 1 aliphatic rings. The van der Waals surface area contributed by atoms with Crippen molar-refractivity contribution in [2.24, 2.45) is 0 Å². The Morgan fingerprint density at radius 2 is 1.73 bits per heavy atom. The maximum Gasteiger partial charge on any atom is 0.241 e. The fraction of sp³-hybridized carbons (Fsp3) is 0.300. The quantitative estimate of drug-likeness (QED) is 0.754. The minimum absolute atomic E-state index is 0.0144. The minimum Gasteiger partial charge on any atom is -0.296 e. The van der Waals surface area contributed by atoms with Crippen LogP contribution >= 0.6 is 11.3 Å². The van der Waals surface area contributed by atoms with Crippen LogP contribution in [0.3, 0.4) is 0 Å². The van der Waals surface area contributed by atoms with Crippen molar-refractivity contribution in [1.29, 1.82) is 0 Å². The number of amides is 1. The van der Waals surface area contributed by atoms with Crippen LogP contribution in [-0.4, -0.2) is 47.0 Å². The van der Waals surface area contributed by atoms with Crippen molar-refractivity contribution >= 4 is 27.5 Å². The number of thiazole rings is 1. The molecule has 5 nitrogen and oxygen atoms in total. The van der Waals surface area contributed by atoms with Gasteiger partial charge in [-0.15, -0.1) is 11.3 Å². The molecule has 1 fully saturated rings. The normalized spacial score (nSPS) is 16.0. The zero-order chi connectivity index (χ0) is 17.8. The number of carbonyl (C=O) groups excluding carboxylic acids is 1. The van der Waals surface area contributed by atoms with Crippen LogP contribution in [0.5, 0.6) is 0 Å². The molecule has 0 bridgehead atoms. The van der Waals surface area contributed by atoms with E-state index in [9.17, 15) is 4.79 Å². The highest BCUT2D eigenvalue weighted by Gasteiger charge is 2.19. The van der Waals surface area contributed by atoms with Crippen molar-refractivity contribution in [2.45, 2.75) is 13.0 Å². The number of piperazine rings is 1. The number of nitrogens with one attached hydrogen (secondary N) is 1. The van der Waals surface area contributed by atoms with Gasteiger partial charge in [0.05, 0.1) is 16.6 Å². The number of hydrogen-bond acceptors (Lipinski definition) is 5. The van der Waals surface area contributed by atoms with E-state index < -0.39 is 0 Å². The van der Waals surface area contributed by atoms with Gasteiger partial charge in [-0.25, -0.2) is 9.99 Å². The summed E-state index contributed by atoms with van der Waals surface area (Å²) in [6.45, 7) is 4.57. The molecule has 3 aromatic rings. The second kappa shape index (κ2) is 7.95. The van der Waals surface area contributed by atoms with Crippen LogP contribution in [0.15, 0.2) is 54.6 Å². The van der Waals surface area contributed by atoms with E-state index in [1.165, 1.54) is 5.56 Å². The molecule has 134 valence electrons. The largest absolute Gasteiger partial charge is 0.296 e. The number of hydrazine groups is 1. The molecule has 6 heteroatoms. The average Bonchev–Trinajstić information content (AvgIpc) is 3.06. The predicted octanol–water partition coefficient (Wildman–Crippen LogP) is 2.69. The van der Waals surface area contributed by atoms with Crippen molar-refractivity contribution < 1.29 is 4.79 Å². The Labute approximate surface area is 157 Å². The van der Waals surface area contributed by atoms with Crippen LogP contribution in [0.25, 0.3) is 10.2 Å². The molecule has 4 rings (SSSR count). The second-order valence-electron chi connectivity index (χ2n) is 6.54. The third kappa shape index (κ3) is 4.27. The highest BCUT2D eigenvalue weighted by Crippen LogP contribution is 2.21. The Morgan fingerprint density at radius 1 is 1.00 bits per heavy atom. The van der Waals surface area contributed by atoms with Gasteiger partial charge in [0.15, 0.2) is 0 Å². The zero-order valence-corrected chi connectivity index (χ0v) is 15.4. The molecule has 2 aromatic carbocycles. The molecule has 0 unspecified atom stereocenters. The summed E-state index contributed by atoms with van der Waals surface area (Å²) >= 11 is 1.59. The topological polar surface area (TPSA) is 48.5 Å². The Kier molecular flexibility index (Phi) is 5.24. The summed E-state index contributed by atoms with van der Waals surface area (Å²) in [5, 5.41) is 2.89. The number of fused-ring (bicyclic) bond motifs is 1. The zero-order valence-electron chi connectivity index (χ0n) is 14.6. The summed E-state index contributed by atoms with van der Waals surface area (Å²) in [5.74, 6) is 0.0144. The average molecular weight is 366 g/mol. The first kappa shape index (κ1) is 17.1. The fourth-order valence-electron chi connectivity index (χ4n) is 3.21. The van der Waals surface area contributed by atoms with Crippen molar-refractivity contribution in [2.75, 3.05) is 26.2 Å². The van der Waals surface area contributed by atoms with Crippen molar-refractivity contribution in [3.05, 3.63) is 65.2 Å². The number of nitrogens with zero attached hydrogens (tertiary/aromatic N) is 3. The summed E-state index contributed by atoms with van der Waals surface area (Å²) < 4.78 is 1.13. The summed E-state index contributed by atoms with van der Waals surface area (Å²) in [7, 11) is 0. The third-order valence-corrected chi connectivity index (χ3v) is 5.59. The maximum atomic E-state index is 12.3. The molecular weight excluding hydrogens is 344 g/mol. The molecule has 1 aromatic heterocycles. The molecule has 0 radical (unpaired) electrons. The summed E-state index contributed by atoms with van der Waals surface area (Å²) in [6, 6.07) is 18.5. The van der Waals surface area contributed by atoms with E-state index in [1.54, 1.807) is 11.3 Å². The van der Waals surface area contributed by atoms with Gasteiger partial charge in [-0.3, -0.25) is 15.1 Å². The third-order valence-electron chi connectivity index (χ3n) is 4.55. The lowest BCUT2D eigenvalue weighted by molar-refractivity contribution is -0.126. The van der Waals surface area contributed by atoms with Gasteiger partial charge in [0, 0.05) is 32.7 Å². The van der Waals surface area contributed by atoms with E-state index in [1.807, 2.05) is 35.3 Å². The Morgan fingerprint density at radius 3 is 2.50 bits per heavy atom. The van der Waals surface area contributed by atoms with Crippen LogP contribution in [0.2, 0.25) is 0 Å². The summed E-state index contributed by atoms with van der Waals surface area (Å²) in [5.41, 5.74) is 5.33. The first-order chi connectivity index (χ1) is 12.8. The molecule has 1 N–H and O–H groups in total. The van der Waals surface area contributed by atoms with Crippen molar-refractivity contribution in [3.63, 3.8) is 0 Å². The lowest BCUT2D eigenvalue weighted by Gasteiger charge is -2.34. The van der Waals surface area contributed by atoms with Crippen LogP contribution in [0.4, 0.5) is 0 Å². The number of para-hydroxylation sites is 1. The molecule has 0 aliphatic carbocycles. The Hall–Kier alpha value is -2.28. The van der Waals surface area contributed by atoms with Crippen molar-refractivity contribution in [1.82, 2.24) is 20.3 Å². The number of aromatic nitrogens is 1. The lowest BCUT2D eigenvalue weighted by Crippen LogP contribution is -2.53. The molecule has 1 aliphatic heterocycles. The monoisotopic (exact) mass is 366 g/mol. The van der Waals surface area contributed by atoms with Gasteiger partial charge in [-0.2, -0.15) is 0 Å². The lowest BCUT2D eigenvalue weighted by atomic mass is 10.2. The molecule has 2 heterocycles. The predicted molar refractivity (Wildman–Crippen MR) is 105 cm³/mol. The molecule has 1 saturated heterocycles. The van der Waals surface area contributed by atoms with E-state index in [2.05, 4.69) is 39.6 Å². The molecule has 0 saturated carbocycles. The molecule has 0 spiro atoms. The van der Waals surface area contributed by atoms with Crippen LogP contribution in [0, 0.1) is 0 Å². The smallest absolute Gasteiger partial charge is 0.241 e. The van der Waals surface area contributed by atoms with Gasteiger partial charge in [0.25, 0.3) is 0 Å². The Bertz CT molecular complexity index is 839. The highest BCUT2D eigenvalue weighted by atomic mass is 32.1. The van der Waals surface area contributed by atoms with E-state index in [0.29, 0.717) is 6.42 Å². The standard InChI is InChI=1S/C20H22N4OS/c25-19(14-20-21-17-8-4-5-9-18(17)26-20)22-24-12-10-23(11-13-24)15-16-6-2-1-3-7-16/h1-9H,10-15H2,(H,22,25). The van der Waals surface area contributed by atoms with Gasteiger partial charge < -0.3 is 0 Å². The fourth-order valence-corrected chi connectivity index (χ4v) is 4.17.